The Balaban J connectivity index is 0.00000192. The van der Waals surface area contributed by atoms with Gasteiger partial charge in [0, 0.05) is 17.4 Å². The van der Waals surface area contributed by atoms with E-state index in [-0.39, 0.29) is 22.9 Å². The Morgan fingerprint density at radius 2 is 1.74 bits per heavy atom. The van der Waals surface area contributed by atoms with Gasteiger partial charge in [-0.3, -0.25) is 0 Å². The van der Waals surface area contributed by atoms with Gasteiger partial charge in [0.2, 0.25) is 0 Å². The van der Waals surface area contributed by atoms with Gasteiger partial charge in [0.1, 0.15) is 0 Å². The fraction of sp³-hybridized carbons (Fsp3) is 0.556. The zero-order chi connectivity index (χ0) is 15.7. The molecule has 1 atom stereocenters. The molecule has 0 bridgehead atoms. The molecule has 1 unspecified atom stereocenters. The van der Waals surface area contributed by atoms with Crippen molar-refractivity contribution in [3.8, 4) is 0 Å². The van der Waals surface area contributed by atoms with Crippen molar-refractivity contribution in [1.29, 1.82) is 0 Å². The summed E-state index contributed by atoms with van der Waals surface area (Å²) >= 11 is 0. The lowest BCUT2D eigenvalue weighted by Gasteiger charge is -2.10. The molecule has 1 aromatic heterocycles. The Morgan fingerprint density at radius 1 is 1.09 bits per heavy atom. The van der Waals surface area contributed by atoms with Crippen molar-refractivity contribution in [2.24, 2.45) is 0 Å². The molecule has 1 aliphatic carbocycles. The van der Waals surface area contributed by atoms with E-state index >= 15 is 0 Å². The first-order valence-corrected chi connectivity index (χ1v) is 9.39. The number of fused-ring (bicyclic) bond motifs is 1. The maximum absolute atomic E-state index is 13.8. The third kappa shape index (κ3) is 3.76. The van der Waals surface area contributed by atoms with E-state index in [1.54, 1.807) is 12.1 Å². The van der Waals surface area contributed by atoms with Gasteiger partial charge in [-0.1, -0.05) is 44.7 Å². The molecule has 0 radical (unpaired) electrons. The van der Waals surface area contributed by atoms with Crippen molar-refractivity contribution >= 4 is 20.6 Å². The fourth-order valence-electron chi connectivity index (χ4n) is 3.67. The van der Waals surface area contributed by atoms with Crippen LogP contribution in [0.4, 0.5) is 13.2 Å². The van der Waals surface area contributed by atoms with Crippen molar-refractivity contribution in [3.05, 3.63) is 34.7 Å². The highest BCUT2D eigenvalue weighted by molar-refractivity contribution is 7.38. The van der Waals surface area contributed by atoms with Crippen molar-refractivity contribution < 1.29 is 30.2 Å². The Kier molecular flexibility index (Phi) is 6.17. The van der Waals surface area contributed by atoms with E-state index < -0.39 is 16.0 Å². The van der Waals surface area contributed by atoms with E-state index in [1.165, 1.54) is 0 Å². The van der Waals surface area contributed by atoms with E-state index in [0.717, 1.165) is 55.9 Å². The molecule has 1 heterocycles. The van der Waals surface area contributed by atoms with Crippen LogP contribution in [0.5, 0.6) is 0 Å². The minimum absolute atomic E-state index is 0. The molecule has 0 nitrogen and oxygen atoms in total. The highest BCUT2D eigenvalue weighted by Crippen LogP contribution is 2.55. The molecular formula is C18H22BrF3S. The predicted molar refractivity (Wildman–Crippen MR) is 87.5 cm³/mol. The van der Waals surface area contributed by atoms with Crippen molar-refractivity contribution in [3.63, 3.8) is 0 Å². The normalized spacial score (nSPS) is 17.8. The zero-order valence-electron chi connectivity index (χ0n) is 13.3. The first-order chi connectivity index (χ1) is 10.5. The average Bonchev–Trinajstić information content (AvgIpc) is 2.67. The monoisotopic (exact) mass is 406 g/mol. The van der Waals surface area contributed by atoms with Crippen LogP contribution in [-0.2, 0) is 11.9 Å². The van der Waals surface area contributed by atoms with Gasteiger partial charge < -0.3 is 17.0 Å². The highest BCUT2D eigenvalue weighted by atomic mass is 79.9. The molecule has 3 rings (SSSR count). The quantitative estimate of drug-likeness (QED) is 0.520. The SMILES string of the molecule is CCc1cccc2c1cc(C1CCCCCC1)[s+]2C(F)(F)F.[Br-]. The van der Waals surface area contributed by atoms with Crippen LogP contribution in [0.3, 0.4) is 0 Å². The molecule has 23 heavy (non-hydrogen) atoms. The van der Waals surface area contributed by atoms with Crippen LogP contribution in [0.1, 0.15) is 61.8 Å². The van der Waals surface area contributed by atoms with Crippen LogP contribution >= 0.6 is 10.5 Å². The molecule has 1 saturated carbocycles. The predicted octanol–water partition coefficient (Wildman–Crippen LogP) is 4.07. The van der Waals surface area contributed by atoms with E-state index in [4.69, 9.17) is 0 Å². The summed E-state index contributed by atoms with van der Waals surface area (Å²) in [4.78, 5) is 0.658. The second-order valence-corrected chi connectivity index (χ2v) is 8.16. The Morgan fingerprint density at radius 3 is 2.30 bits per heavy atom. The van der Waals surface area contributed by atoms with Crippen LogP contribution in [0, 0.1) is 0 Å². The summed E-state index contributed by atoms with van der Waals surface area (Å²) in [5.41, 5.74) is -3.11. The summed E-state index contributed by atoms with van der Waals surface area (Å²) in [5.74, 6) is 0.115. The lowest BCUT2D eigenvalue weighted by molar-refractivity contribution is -0.0868. The fourth-order valence-corrected chi connectivity index (χ4v) is 5.87. The Bertz CT molecular complexity index is 652. The van der Waals surface area contributed by atoms with Gasteiger partial charge in [-0.05, 0) is 30.9 Å². The van der Waals surface area contributed by atoms with Crippen molar-refractivity contribution in [1.82, 2.24) is 0 Å². The molecule has 0 spiro atoms. The summed E-state index contributed by atoms with van der Waals surface area (Å²) in [6.07, 6.45) is 7.07. The van der Waals surface area contributed by atoms with Crippen molar-refractivity contribution in [2.75, 3.05) is 0 Å². The van der Waals surface area contributed by atoms with E-state index in [1.807, 2.05) is 19.1 Å². The lowest BCUT2D eigenvalue weighted by Crippen LogP contribution is -3.00. The van der Waals surface area contributed by atoms with Crippen LogP contribution in [-0.4, -0.2) is 0 Å². The average molecular weight is 407 g/mol. The van der Waals surface area contributed by atoms with Crippen LogP contribution in [0.15, 0.2) is 24.3 Å². The molecule has 1 fully saturated rings. The standard InChI is InChI=1S/C18H22F3S.BrH/c1-2-13-10-7-11-16-15(13)12-17(22(16)18(19,20)21)14-8-5-3-4-6-9-14;/h7,10-12,14H,2-6,8-9H2,1H3;1H/q+1;/p-1. The van der Waals surface area contributed by atoms with Gasteiger partial charge in [-0.15, -0.1) is 13.2 Å². The molecular weight excluding hydrogens is 385 g/mol. The van der Waals surface area contributed by atoms with E-state index in [9.17, 15) is 13.2 Å². The summed E-state index contributed by atoms with van der Waals surface area (Å²) in [6.45, 7) is 2.01. The first-order valence-electron chi connectivity index (χ1n) is 8.17. The summed E-state index contributed by atoms with van der Waals surface area (Å²) in [5, 5.41) is 0.852. The molecule has 0 saturated heterocycles. The first kappa shape index (κ1) is 18.8. The molecule has 0 aliphatic heterocycles. The second kappa shape index (κ2) is 7.56. The summed E-state index contributed by atoms with van der Waals surface area (Å²) in [6, 6.07) is 7.32. The number of hydrogen-bond donors (Lipinski definition) is 0. The molecule has 0 N–H and O–H groups in total. The number of alkyl halides is 3. The topological polar surface area (TPSA) is 0 Å². The van der Waals surface area contributed by atoms with Crippen LogP contribution < -0.4 is 17.0 Å². The highest BCUT2D eigenvalue weighted by Gasteiger charge is 2.49. The molecule has 0 amide bonds. The number of hydrogen-bond acceptors (Lipinski definition) is 0. The zero-order valence-corrected chi connectivity index (χ0v) is 15.7. The third-order valence-electron chi connectivity index (χ3n) is 4.77. The minimum atomic E-state index is -4.16. The van der Waals surface area contributed by atoms with Gasteiger partial charge in [0.25, 0.3) is 0 Å². The molecule has 128 valence electrons. The molecule has 1 aromatic carbocycles. The van der Waals surface area contributed by atoms with Gasteiger partial charge in [-0.25, -0.2) is 0 Å². The van der Waals surface area contributed by atoms with Crippen molar-refractivity contribution in [2.45, 2.75) is 63.3 Å². The number of thiophene rings is 1. The number of rotatable bonds is 2. The van der Waals surface area contributed by atoms with Crippen LogP contribution in [0.2, 0.25) is 0 Å². The number of aryl methyl sites for hydroxylation is 1. The lowest BCUT2D eigenvalue weighted by atomic mass is 9.97. The maximum Gasteiger partial charge on any atom is 0.600 e. The van der Waals surface area contributed by atoms with Gasteiger partial charge in [-0.2, -0.15) is 0 Å². The smallest absolute Gasteiger partial charge is 0.600 e. The van der Waals surface area contributed by atoms with Crippen LogP contribution in [0.25, 0.3) is 10.1 Å². The second-order valence-electron chi connectivity index (χ2n) is 6.17. The molecule has 1 aliphatic rings. The Labute approximate surface area is 148 Å². The van der Waals surface area contributed by atoms with E-state index in [0.29, 0.717) is 9.58 Å². The molecule has 2 aromatic rings. The Hall–Kier alpha value is -0.550. The minimum Gasteiger partial charge on any atom is -1.00 e. The van der Waals surface area contributed by atoms with Gasteiger partial charge in [0.15, 0.2) is 9.58 Å². The summed E-state index contributed by atoms with van der Waals surface area (Å²) in [7, 11) is -1.71. The largest absolute Gasteiger partial charge is 1.00 e. The number of benzene rings is 1. The number of halogens is 4. The summed E-state index contributed by atoms with van der Waals surface area (Å²) < 4.78 is 41.8. The molecule has 5 heteroatoms. The maximum atomic E-state index is 13.8. The van der Waals surface area contributed by atoms with Gasteiger partial charge >= 0.3 is 5.51 Å². The van der Waals surface area contributed by atoms with E-state index in [2.05, 4.69) is 0 Å². The third-order valence-corrected chi connectivity index (χ3v) is 6.95. The van der Waals surface area contributed by atoms with Gasteiger partial charge in [0.05, 0.1) is 10.5 Å².